The van der Waals surface area contributed by atoms with Crippen LogP contribution in [0.3, 0.4) is 0 Å². The van der Waals surface area contributed by atoms with Gasteiger partial charge >= 0.3 is 27.6 Å². The zero-order valence-corrected chi connectivity index (χ0v) is 42.8. The third kappa shape index (κ3) is 34.1. The quantitative estimate of drug-likeness (QED) is 0.00940. The van der Waals surface area contributed by atoms with Crippen molar-refractivity contribution >= 4 is 27.6 Å². The second-order valence-corrected chi connectivity index (χ2v) is 19.2. The first-order valence-electron chi connectivity index (χ1n) is 24.5. The zero-order valence-electron chi connectivity index (χ0n) is 41.0. The molecule has 70 heavy (non-hydrogen) atoms. The topological polar surface area (TPSA) is 276 Å². The van der Waals surface area contributed by atoms with Gasteiger partial charge in [0.1, 0.15) is 43.2 Å². The molecule has 0 aromatic carbocycles. The van der Waals surface area contributed by atoms with Crippen molar-refractivity contribution in [3.05, 3.63) is 109 Å². The van der Waals surface area contributed by atoms with Crippen LogP contribution in [0.15, 0.2) is 109 Å². The molecule has 0 heterocycles. The van der Waals surface area contributed by atoms with Crippen molar-refractivity contribution in [2.75, 3.05) is 13.2 Å². The number of hydrogen-bond donors (Lipinski definition) is 8. The van der Waals surface area contributed by atoms with Crippen LogP contribution in [0.1, 0.15) is 136 Å². The molecule has 0 bridgehead atoms. The van der Waals surface area contributed by atoms with Gasteiger partial charge in [0.25, 0.3) is 0 Å². The molecule has 0 saturated heterocycles. The number of allylic oxidation sites excluding steroid dienone is 17. The molecule has 1 rings (SSSR count). The van der Waals surface area contributed by atoms with E-state index >= 15 is 0 Å². The Morgan fingerprint density at radius 1 is 0.543 bits per heavy atom. The summed E-state index contributed by atoms with van der Waals surface area (Å²) < 4.78 is 49.3. The summed E-state index contributed by atoms with van der Waals surface area (Å²) in [5.74, 6) is -1.35. The van der Waals surface area contributed by atoms with Crippen LogP contribution < -0.4 is 0 Å². The number of ether oxygens (including phenoxy) is 2. The highest BCUT2D eigenvalue weighted by molar-refractivity contribution is 7.47. The number of carbonyl (C=O) groups is 2. The van der Waals surface area contributed by atoms with E-state index in [1.807, 2.05) is 42.5 Å². The molecule has 0 amide bonds. The smallest absolute Gasteiger partial charge is 0.462 e. The van der Waals surface area contributed by atoms with E-state index in [9.17, 15) is 58.9 Å². The maximum atomic E-state index is 13.0. The molecule has 0 aliphatic heterocycles. The Kier molecular flexibility index (Phi) is 37.1. The molecule has 398 valence electrons. The highest BCUT2D eigenvalue weighted by Gasteiger charge is 2.54. The van der Waals surface area contributed by atoms with E-state index in [-0.39, 0.29) is 12.8 Å². The highest BCUT2D eigenvalue weighted by atomic mass is 31.2. The molecule has 5 unspecified atom stereocenters. The van der Waals surface area contributed by atoms with Gasteiger partial charge in [-0.1, -0.05) is 149 Å². The summed E-state index contributed by atoms with van der Waals surface area (Å²) in [4.78, 5) is 54.3. The normalized spacial score (nSPS) is 22.4. The van der Waals surface area contributed by atoms with Crippen molar-refractivity contribution in [3.8, 4) is 0 Å². The number of aliphatic hydroxyl groups is 5. The number of rotatable bonds is 39. The van der Waals surface area contributed by atoms with E-state index in [1.165, 1.54) is 0 Å². The van der Waals surface area contributed by atoms with Crippen LogP contribution in [0, 0.1) is 0 Å². The van der Waals surface area contributed by atoms with Crippen LogP contribution in [0.25, 0.3) is 0 Å². The highest BCUT2D eigenvalue weighted by Crippen LogP contribution is 2.49. The van der Waals surface area contributed by atoms with E-state index < -0.39 is 89.6 Å². The number of carbonyl (C=O) groups excluding carboxylic acids is 2. The van der Waals surface area contributed by atoms with Gasteiger partial charge in [0.15, 0.2) is 6.10 Å². The van der Waals surface area contributed by atoms with Gasteiger partial charge < -0.3 is 49.7 Å². The molecule has 1 aliphatic rings. The van der Waals surface area contributed by atoms with Gasteiger partial charge in [0.2, 0.25) is 0 Å². The summed E-state index contributed by atoms with van der Waals surface area (Å²) in [6, 6.07) is 0. The molecule has 0 spiro atoms. The summed E-state index contributed by atoms with van der Waals surface area (Å²) in [6.07, 6.45) is 35.1. The van der Waals surface area contributed by atoms with Gasteiger partial charge in [-0.05, 0) is 83.5 Å². The van der Waals surface area contributed by atoms with Crippen LogP contribution in [0.2, 0.25) is 0 Å². The number of hydrogen-bond acceptors (Lipinski definition) is 14. The van der Waals surface area contributed by atoms with Crippen LogP contribution in [-0.4, -0.2) is 114 Å². The lowest BCUT2D eigenvalue weighted by atomic mass is 9.85. The molecular weight excluding hydrogens is 946 g/mol. The van der Waals surface area contributed by atoms with E-state index in [2.05, 4.69) is 79.1 Å². The summed E-state index contributed by atoms with van der Waals surface area (Å²) in [6.45, 7) is 2.79. The predicted octanol–water partition coefficient (Wildman–Crippen LogP) is 8.70. The number of aliphatic hydroxyl groups excluding tert-OH is 5. The van der Waals surface area contributed by atoms with Crippen LogP contribution in [0.5, 0.6) is 0 Å². The lowest BCUT2D eigenvalue weighted by Gasteiger charge is -2.43. The second kappa shape index (κ2) is 40.1. The van der Waals surface area contributed by atoms with Crippen molar-refractivity contribution < 1.29 is 82.0 Å². The van der Waals surface area contributed by atoms with E-state index in [0.29, 0.717) is 32.1 Å². The van der Waals surface area contributed by atoms with Crippen LogP contribution in [0.4, 0.5) is 0 Å². The molecule has 0 radical (unpaired) electrons. The van der Waals surface area contributed by atoms with Crippen LogP contribution in [-0.2, 0) is 41.8 Å². The van der Waals surface area contributed by atoms with E-state index in [4.69, 9.17) is 18.5 Å². The largest absolute Gasteiger partial charge is 0.472 e. The number of unbranched alkanes of at least 4 members (excludes halogenated alkanes) is 6. The summed E-state index contributed by atoms with van der Waals surface area (Å²) in [5.41, 5.74) is 0. The SMILES string of the molecule is CC/C=C\C/C=C\C/C=C\C/C=C\C/C=C\CCCCCC(=O)O[C@H](COC(=O)CCC/C=C\C/C=C\C/C=C\C=C\[C@H](O)CCCCC)COP(=O)(O)O[C@H]1C(O)C(O)C(O)[C@@H](OP(=O)(O)O)C1O. The van der Waals surface area contributed by atoms with E-state index in [0.717, 1.165) is 77.0 Å². The van der Waals surface area contributed by atoms with Crippen molar-refractivity contribution in [3.63, 3.8) is 0 Å². The Morgan fingerprint density at radius 2 is 1.06 bits per heavy atom. The van der Waals surface area contributed by atoms with Gasteiger partial charge in [-0.15, -0.1) is 0 Å². The van der Waals surface area contributed by atoms with Crippen molar-refractivity contribution in [1.82, 2.24) is 0 Å². The molecule has 0 aromatic heterocycles. The first kappa shape index (κ1) is 64.6. The zero-order chi connectivity index (χ0) is 51.9. The van der Waals surface area contributed by atoms with E-state index in [1.54, 1.807) is 6.08 Å². The van der Waals surface area contributed by atoms with Gasteiger partial charge in [-0.2, -0.15) is 0 Å². The first-order valence-corrected chi connectivity index (χ1v) is 27.6. The molecule has 0 aromatic rings. The van der Waals surface area contributed by atoms with Gasteiger partial charge in [0, 0.05) is 12.8 Å². The number of phosphoric acid groups is 2. The average molecular weight is 1030 g/mol. The fraction of sp³-hybridized carbons (Fsp3) is 0.608. The molecule has 8 N–H and O–H groups in total. The third-order valence-electron chi connectivity index (χ3n) is 10.4. The number of phosphoric ester groups is 2. The third-order valence-corrected chi connectivity index (χ3v) is 11.9. The fourth-order valence-corrected chi connectivity index (χ4v) is 8.16. The molecule has 1 saturated carbocycles. The molecular formula is C51H82O17P2. The predicted molar refractivity (Wildman–Crippen MR) is 270 cm³/mol. The standard InChI is InChI=1S/C51H82O17P2/c1-3-5-7-8-9-10-11-12-13-14-15-16-17-18-21-25-28-31-35-39-45(54)66-43(41-65-70(62,63)68-51-48(57)46(55)47(56)50(49(51)58)67-69(59,60)61)40-64-44(53)38-34-30-27-24-22-19-20-23-26-29-33-37-42(52)36-32-6-4-2/h5,7,9-10,12-13,15-16,18-21,24,26-27,29,33,37,42-43,46-52,55-58H,3-4,6,8,11,14,17,22-23,25,28,30-32,34-36,38-41H2,1-2H3,(H,62,63)(H2,59,60,61)/b7-5-,10-9-,13-12-,16-15-,20-19-,21-18-,27-24-,29-26-,37-33+/t42-,43-,46?,47?,48?,49?,50-,51+/m1/s1. The summed E-state index contributed by atoms with van der Waals surface area (Å²) in [5, 5.41) is 51.2. The monoisotopic (exact) mass is 1030 g/mol. The fourth-order valence-electron chi connectivity index (χ4n) is 6.62. The Balaban J connectivity index is 2.66. The maximum absolute atomic E-state index is 13.0. The van der Waals surface area contributed by atoms with Gasteiger partial charge in [-0.25, -0.2) is 9.13 Å². The minimum absolute atomic E-state index is 0.0102. The molecule has 19 heteroatoms. The molecule has 1 fully saturated rings. The minimum atomic E-state index is -5.39. The second-order valence-electron chi connectivity index (χ2n) is 16.6. The van der Waals surface area contributed by atoms with Crippen molar-refractivity contribution in [1.29, 1.82) is 0 Å². The summed E-state index contributed by atoms with van der Waals surface area (Å²) >= 11 is 0. The van der Waals surface area contributed by atoms with Crippen molar-refractivity contribution in [2.45, 2.75) is 185 Å². The summed E-state index contributed by atoms with van der Waals surface area (Å²) in [7, 11) is -10.7. The van der Waals surface area contributed by atoms with Crippen LogP contribution >= 0.6 is 15.6 Å². The lowest BCUT2D eigenvalue weighted by Crippen LogP contribution is -2.64. The van der Waals surface area contributed by atoms with Gasteiger partial charge in [-0.3, -0.25) is 23.2 Å². The average Bonchev–Trinajstić information content (AvgIpc) is 3.31. The molecule has 9 atom stereocenters. The maximum Gasteiger partial charge on any atom is 0.472 e. The van der Waals surface area contributed by atoms with Crippen molar-refractivity contribution in [2.24, 2.45) is 0 Å². The minimum Gasteiger partial charge on any atom is -0.462 e. The lowest BCUT2D eigenvalue weighted by molar-refractivity contribution is -0.216. The van der Waals surface area contributed by atoms with Gasteiger partial charge in [0.05, 0.1) is 12.7 Å². The Hall–Kier alpha value is -3.38. The Morgan fingerprint density at radius 3 is 1.61 bits per heavy atom. The Labute approximate surface area is 415 Å². The first-order chi connectivity index (χ1) is 33.5. The molecule has 17 nitrogen and oxygen atoms in total. The number of esters is 2. The Bertz CT molecular complexity index is 1780. The molecule has 1 aliphatic carbocycles.